The number of ketones is 1. The maximum absolute atomic E-state index is 12.9. The highest BCUT2D eigenvalue weighted by Gasteiger charge is 2.22. The first-order chi connectivity index (χ1) is 17.2. The van der Waals surface area contributed by atoms with Crippen molar-refractivity contribution in [2.24, 2.45) is 0 Å². The van der Waals surface area contributed by atoms with Crippen molar-refractivity contribution in [2.75, 3.05) is 25.4 Å². The normalized spacial score (nSPS) is 11.6. The summed E-state index contributed by atoms with van der Waals surface area (Å²) >= 11 is 7.40. The molecule has 1 aromatic heterocycles. The van der Waals surface area contributed by atoms with Crippen molar-refractivity contribution in [1.29, 1.82) is 0 Å². The fraction of sp³-hybridized carbons (Fsp3) is 0.333. The summed E-state index contributed by atoms with van der Waals surface area (Å²) in [5, 5.41) is 12.3. The van der Waals surface area contributed by atoms with E-state index in [1.165, 1.54) is 47.3 Å². The number of halogens is 1. The van der Waals surface area contributed by atoms with Gasteiger partial charge in [-0.25, -0.2) is 8.42 Å². The van der Waals surface area contributed by atoms with Crippen LogP contribution in [0.1, 0.15) is 37.0 Å². The van der Waals surface area contributed by atoms with Gasteiger partial charge in [0, 0.05) is 43.6 Å². The molecule has 0 atom stereocenters. The molecule has 12 heteroatoms. The number of benzene rings is 2. The zero-order valence-electron chi connectivity index (χ0n) is 20.3. The number of hydrogen-bond donors (Lipinski definition) is 1. The van der Waals surface area contributed by atoms with Crippen molar-refractivity contribution < 1.29 is 18.0 Å². The molecule has 0 aliphatic rings. The zero-order valence-corrected chi connectivity index (χ0v) is 22.7. The minimum atomic E-state index is -3.59. The van der Waals surface area contributed by atoms with Gasteiger partial charge in [0.05, 0.1) is 16.3 Å². The smallest absolute Gasteiger partial charge is 0.243 e. The lowest BCUT2D eigenvalue weighted by molar-refractivity contribution is -0.118. The van der Waals surface area contributed by atoms with Gasteiger partial charge in [0.15, 0.2) is 10.9 Å². The maximum atomic E-state index is 12.9. The van der Waals surface area contributed by atoms with Gasteiger partial charge in [-0.15, -0.1) is 10.2 Å². The van der Waals surface area contributed by atoms with Crippen molar-refractivity contribution in [3.8, 4) is 5.69 Å². The van der Waals surface area contributed by atoms with Gasteiger partial charge in [-0.3, -0.25) is 14.2 Å². The number of rotatable bonds is 12. The Hall–Kier alpha value is -2.73. The van der Waals surface area contributed by atoms with Crippen molar-refractivity contribution >= 4 is 45.1 Å². The van der Waals surface area contributed by atoms with Crippen molar-refractivity contribution in [1.82, 2.24) is 24.4 Å². The number of aromatic nitrogens is 3. The van der Waals surface area contributed by atoms with E-state index in [4.69, 9.17) is 11.6 Å². The van der Waals surface area contributed by atoms with E-state index in [0.717, 1.165) is 5.69 Å². The van der Waals surface area contributed by atoms with E-state index in [2.05, 4.69) is 15.5 Å². The Morgan fingerprint density at radius 2 is 1.78 bits per heavy atom. The Morgan fingerprint density at radius 3 is 2.39 bits per heavy atom. The second-order valence-corrected chi connectivity index (χ2v) is 11.1. The van der Waals surface area contributed by atoms with Gasteiger partial charge in [-0.2, -0.15) is 4.31 Å². The molecule has 0 saturated carbocycles. The number of carbonyl (C=O) groups is 2. The van der Waals surface area contributed by atoms with Gasteiger partial charge in [-0.1, -0.05) is 55.4 Å². The van der Waals surface area contributed by atoms with Crippen molar-refractivity contribution in [3.63, 3.8) is 0 Å². The molecule has 1 N–H and O–H groups in total. The average molecular weight is 550 g/mol. The summed E-state index contributed by atoms with van der Waals surface area (Å²) in [7, 11) is -3.59. The van der Waals surface area contributed by atoms with E-state index < -0.39 is 10.0 Å². The average Bonchev–Trinajstić information content (AvgIpc) is 3.25. The van der Waals surface area contributed by atoms with E-state index in [-0.39, 0.29) is 22.3 Å². The third kappa shape index (κ3) is 6.73. The topological polar surface area (TPSA) is 114 Å². The largest absolute Gasteiger partial charge is 0.356 e. The lowest BCUT2D eigenvalue weighted by Crippen LogP contribution is -2.30. The number of nitrogens with zero attached hydrogens (tertiary/aromatic N) is 4. The number of carbonyl (C=O) groups excluding carboxylic acids is 2. The van der Waals surface area contributed by atoms with Crippen LogP contribution >= 0.6 is 23.4 Å². The maximum Gasteiger partial charge on any atom is 0.243 e. The molecule has 2 aromatic carbocycles. The van der Waals surface area contributed by atoms with E-state index in [1.54, 1.807) is 26.0 Å². The highest BCUT2D eigenvalue weighted by molar-refractivity contribution is 7.99. The summed E-state index contributed by atoms with van der Waals surface area (Å²) in [5.41, 5.74) is 1.15. The number of sulfonamides is 1. The fourth-order valence-corrected chi connectivity index (χ4v) is 6.03. The SMILES string of the molecule is CCN(CC)S(=O)(=O)c1ccc(C(=O)CSc2nnc(CCNC(C)=O)n2-c2cccc(Cl)c2)cc1. The van der Waals surface area contributed by atoms with Gasteiger partial charge in [-0.05, 0) is 30.3 Å². The van der Waals surface area contributed by atoms with Crippen LogP contribution in [-0.2, 0) is 21.2 Å². The summed E-state index contributed by atoms with van der Waals surface area (Å²) in [4.78, 5) is 24.3. The molecule has 1 amide bonds. The molecule has 192 valence electrons. The Labute approximate surface area is 220 Å². The van der Waals surface area contributed by atoms with Crippen LogP contribution in [0.15, 0.2) is 58.6 Å². The first-order valence-electron chi connectivity index (χ1n) is 11.4. The molecule has 3 aromatic rings. The Bertz CT molecular complexity index is 1320. The molecular formula is C24H28ClN5O4S2. The number of hydrogen-bond acceptors (Lipinski definition) is 7. The van der Waals surface area contributed by atoms with Crippen LogP contribution in [0.3, 0.4) is 0 Å². The van der Waals surface area contributed by atoms with Gasteiger partial charge >= 0.3 is 0 Å². The highest BCUT2D eigenvalue weighted by atomic mass is 35.5. The van der Waals surface area contributed by atoms with E-state index >= 15 is 0 Å². The quantitative estimate of drug-likeness (QED) is 0.271. The minimum Gasteiger partial charge on any atom is -0.356 e. The summed E-state index contributed by atoms with van der Waals surface area (Å²) in [6.07, 6.45) is 0.441. The minimum absolute atomic E-state index is 0.0759. The first kappa shape index (κ1) is 27.9. The molecular weight excluding hydrogens is 522 g/mol. The second kappa shape index (κ2) is 12.5. The molecule has 0 spiro atoms. The number of thioether (sulfide) groups is 1. The molecule has 36 heavy (non-hydrogen) atoms. The molecule has 0 bridgehead atoms. The predicted octanol–water partition coefficient (Wildman–Crippen LogP) is 3.60. The molecule has 9 nitrogen and oxygen atoms in total. The van der Waals surface area contributed by atoms with Crippen LogP contribution in [0, 0.1) is 0 Å². The summed E-state index contributed by atoms with van der Waals surface area (Å²) in [6.45, 7) is 6.14. The number of amides is 1. The molecule has 1 heterocycles. The van der Waals surface area contributed by atoms with Gasteiger partial charge in [0.1, 0.15) is 5.82 Å². The van der Waals surface area contributed by atoms with Crippen molar-refractivity contribution in [3.05, 3.63) is 64.9 Å². The molecule has 0 fully saturated rings. The first-order valence-corrected chi connectivity index (χ1v) is 14.2. The molecule has 0 unspecified atom stereocenters. The number of Topliss-reactive ketones (excluding diaryl/α,β-unsaturated/α-hetero) is 1. The van der Waals surface area contributed by atoms with Crippen LogP contribution in [0.2, 0.25) is 5.02 Å². The van der Waals surface area contributed by atoms with E-state index in [0.29, 0.717) is 47.6 Å². The zero-order chi connectivity index (χ0) is 26.3. The van der Waals surface area contributed by atoms with Crippen LogP contribution < -0.4 is 5.32 Å². The third-order valence-corrected chi connectivity index (χ3v) is 8.57. The lowest BCUT2D eigenvalue weighted by Gasteiger charge is -2.18. The number of nitrogens with one attached hydrogen (secondary N) is 1. The Kier molecular flexibility index (Phi) is 9.66. The molecule has 0 aliphatic carbocycles. The lowest BCUT2D eigenvalue weighted by atomic mass is 10.1. The fourth-order valence-electron chi connectivity index (χ4n) is 3.52. The highest BCUT2D eigenvalue weighted by Crippen LogP contribution is 2.25. The van der Waals surface area contributed by atoms with E-state index in [9.17, 15) is 18.0 Å². The van der Waals surface area contributed by atoms with Crippen LogP contribution in [-0.4, -0.2) is 64.6 Å². The molecule has 0 saturated heterocycles. The summed E-state index contributed by atoms with van der Waals surface area (Å²) in [6, 6.07) is 13.2. The van der Waals surface area contributed by atoms with Gasteiger partial charge in [0.25, 0.3) is 0 Å². The third-order valence-electron chi connectivity index (χ3n) is 5.34. The van der Waals surface area contributed by atoms with Crippen LogP contribution in [0.4, 0.5) is 0 Å². The second-order valence-electron chi connectivity index (χ2n) is 7.77. The Balaban J connectivity index is 1.78. The van der Waals surface area contributed by atoms with Gasteiger partial charge in [0.2, 0.25) is 15.9 Å². The predicted molar refractivity (Wildman–Crippen MR) is 140 cm³/mol. The van der Waals surface area contributed by atoms with Gasteiger partial charge < -0.3 is 5.32 Å². The summed E-state index contributed by atoms with van der Waals surface area (Å²) in [5.74, 6) is 0.381. The summed E-state index contributed by atoms with van der Waals surface area (Å²) < 4.78 is 28.5. The van der Waals surface area contributed by atoms with Crippen LogP contribution in [0.5, 0.6) is 0 Å². The molecule has 3 rings (SSSR count). The molecule has 0 radical (unpaired) electrons. The van der Waals surface area contributed by atoms with E-state index in [1.807, 2.05) is 16.7 Å². The van der Waals surface area contributed by atoms with Crippen LogP contribution in [0.25, 0.3) is 5.69 Å². The standard InChI is InChI=1S/C24H28ClN5O4S2/c1-4-29(5-2)36(33,34)21-11-9-18(10-12-21)22(32)16-35-24-28-27-23(13-14-26-17(3)31)30(24)20-8-6-7-19(25)15-20/h6-12,15H,4-5,13-14,16H2,1-3H3,(H,26,31). The molecule has 0 aliphatic heterocycles. The monoisotopic (exact) mass is 549 g/mol. The van der Waals surface area contributed by atoms with Crippen molar-refractivity contribution in [2.45, 2.75) is 37.2 Å². The Morgan fingerprint density at radius 1 is 1.08 bits per heavy atom.